The normalized spacial score (nSPS) is 11.7. The van der Waals surface area contributed by atoms with Crippen molar-refractivity contribution in [3.63, 3.8) is 0 Å². The van der Waals surface area contributed by atoms with Crippen LogP contribution in [0.1, 0.15) is 53.0 Å². The minimum atomic E-state index is -3.69. The second-order valence-electron chi connectivity index (χ2n) is 16.4. The van der Waals surface area contributed by atoms with E-state index in [1.165, 1.54) is 7.11 Å². The summed E-state index contributed by atoms with van der Waals surface area (Å²) in [6.45, 7) is 11.8. The van der Waals surface area contributed by atoms with Crippen LogP contribution in [0.25, 0.3) is 10.8 Å². The second-order valence-corrected chi connectivity index (χ2v) is 18.1. The first-order valence-electron chi connectivity index (χ1n) is 20.1. The molecule has 0 saturated heterocycles. The molecule has 5 N–H and O–H groups in total. The van der Waals surface area contributed by atoms with Crippen molar-refractivity contribution in [2.24, 2.45) is 5.41 Å². The number of methoxy groups -OCH3 is 2. The largest absolute Gasteiger partial charge is 0.497 e. The van der Waals surface area contributed by atoms with Crippen molar-refractivity contribution in [1.82, 2.24) is 9.97 Å². The predicted octanol–water partition coefficient (Wildman–Crippen LogP) is 8.80. The summed E-state index contributed by atoms with van der Waals surface area (Å²) in [5.74, 6) is 1.26. The average Bonchev–Trinajstić information content (AvgIpc) is 3.19. The molecule has 17 nitrogen and oxygen atoms in total. The minimum Gasteiger partial charge on any atom is -0.497 e. The molecule has 0 aliphatic rings. The number of carbonyl (C=O) groups is 2. The first kappa shape index (κ1) is 47.7. The zero-order valence-corrected chi connectivity index (χ0v) is 37.6. The van der Waals surface area contributed by atoms with Crippen molar-refractivity contribution in [3.05, 3.63) is 84.6 Å². The number of ether oxygens (including phenoxy) is 6. The third-order valence-electron chi connectivity index (χ3n) is 9.27. The topological polar surface area (TPSA) is 218 Å². The Morgan fingerprint density at radius 1 is 0.762 bits per heavy atom. The van der Waals surface area contributed by atoms with Gasteiger partial charge >= 0.3 is 12.0 Å². The van der Waals surface area contributed by atoms with E-state index in [1.807, 2.05) is 30.3 Å². The highest BCUT2D eigenvalue weighted by molar-refractivity contribution is 7.92. The standard InChI is InChI=1S/C45H56N6O11S/c1-44(2,3)28-45(4,5)29-23-36(41(58-7)37(24-29)51-63(8,55)56)49-43(54)48-35-13-14-38(34-12-10-9-11-33(34)35)62-39-15-17-46-42(50-39)47-30-25-31(57-6)27-32(26-30)61-22-21-60-20-19-59-18-16-40(52)53/h9-15,17,23-27,51H,16,18-22,28H2,1-8H3,(H,52,53)(H,46,47,50)(H2,48,49,54). The Morgan fingerprint density at radius 3 is 2.11 bits per heavy atom. The van der Waals surface area contributed by atoms with E-state index in [0.717, 1.165) is 18.2 Å². The van der Waals surface area contributed by atoms with Gasteiger partial charge in [-0.05, 0) is 47.1 Å². The lowest BCUT2D eigenvalue weighted by molar-refractivity contribution is -0.138. The van der Waals surface area contributed by atoms with Crippen molar-refractivity contribution in [3.8, 4) is 28.9 Å². The molecule has 1 aromatic heterocycles. The van der Waals surface area contributed by atoms with Gasteiger partial charge in [-0.2, -0.15) is 4.98 Å². The molecule has 338 valence electrons. The first-order valence-corrected chi connectivity index (χ1v) is 22.0. The summed E-state index contributed by atoms with van der Waals surface area (Å²) >= 11 is 0. The maximum atomic E-state index is 13.7. The van der Waals surface area contributed by atoms with E-state index in [0.29, 0.717) is 46.0 Å². The van der Waals surface area contributed by atoms with Gasteiger partial charge in [-0.3, -0.25) is 9.52 Å². The van der Waals surface area contributed by atoms with Gasteiger partial charge in [0, 0.05) is 46.9 Å². The molecule has 0 aliphatic heterocycles. The van der Waals surface area contributed by atoms with Crippen LogP contribution in [0, 0.1) is 5.41 Å². The van der Waals surface area contributed by atoms with E-state index >= 15 is 0 Å². The molecule has 0 bridgehead atoms. The molecule has 5 rings (SSSR count). The fourth-order valence-electron chi connectivity index (χ4n) is 7.03. The molecule has 1 heterocycles. The Bertz CT molecular complexity index is 2490. The Morgan fingerprint density at radius 2 is 1.43 bits per heavy atom. The maximum absolute atomic E-state index is 13.7. The number of carboxylic acids is 1. The van der Waals surface area contributed by atoms with E-state index < -0.39 is 27.4 Å². The number of aliphatic carboxylic acids is 1. The highest BCUT2D eigenvalue weighted by atomic mass is 32.2. The van der Waals surface area contributed by atoms with Gasteiger partial charge in [0.15, 0.2) is 5.75 Å². The minimum absolute atomic E-state index is 0.0379. The monoisotopic (exact) mass is 888 g/mol. The van der Waals surface area contributed by atoms with Gasteiger partial charge in [-0.1, -0.05) is 58.9 Å². The number of carbonyl (C=O) groups excluding carboxylic acids is 1. The van der Waals surface area contributed by atoms with Gasteiger partial charge in [0.1, 0.15) is 23.9 Å². The lowest BCUT2D eigenvalue weighted by Crippen LogP contribution is -2.26. The lowest BCUT2D eigenvalue weighted by atomic mass is 9.72. The van der Waals surface area contributed by atoms with Crippen LogP contribution in [0.4, 0.5) is 33.5 Å². The summed E-state index contributed by atoms with van der Waals surface area (Å²) in [6, 6.07) is 20.7. The molecule has 18 heteroatoms. The van der Waals surface area contributed by atoms with Crippen LogP contribution in [0.15, 0.2) is 79.0 Å². The van der Waals surface area contributed by atoms with E-state index in [9.17, 15) is 18.0 Å². The van der Waals surface area contributed by atoms with Crippen molar-refractivity contribution in [2.75, 3.05) is 74.2 Å². The quantitative estimate of drug-likeness (QED) is 0.0411. The third kappa shape index (κ3) is 14.6. The number of fused-ring (bicyclic) bond motifs is 1. The van der Waals surface area contributed by atoms with Crippen LogP contribution in [0.3, 0.4) is 0 Å². The summed E-state index contributed by atoms with van der Waals surface area (Å²) < 4.78 is 61.3. The third-order valence-corrected chi connectivity index (χ3v) is 9.86. The predicted molar refractivity (Wildman–Crippen MR) is 243 cm³/mol. The van der Waals surface area contributed by atoms with Crippen molar-refractivity contribution in [2.45, 2.75) is 52.9 Å². The van der Waals surface area contributed by atoms with Crippen molar-refractivity contribution in [1.29, 1.82) is 0 Å². The van der Waals surface area contributed by atoms with Crippen LogP contribution in [0.5, 0.6) is 28.9 Å². The Hall–Kier alpha value is -6.37. The number of benzene rings is 4. The lowest BCUT2D eigenvalue weighted by Gasteiger charge is -2.34. The molecular formula is C45H56N6O11S. The molecule has 0 fully saturated rings. The summed E-state index contributed by atoms with van der Waals surface area (Å²) in [7, 11) is -0.734. The van der Waals surface area contributed by atoms with Crippen molar-refractivity contribution < 1.29 is 51.5 Å². The number of urea groups is 1. The smallest absolute Gasteiger partial charge is 0.323 e. The second kappa shape index (κ2) is 21.1. The number of anilines is 5. The van der Waals surface area contributed by atoms with Gasteiger partial charge in [0.25, 0.3) is 0 Å². The van der Waals surface area contributed by atoms with Crippen LogP contribution >= 0.6 is 0 Å². The first-order chi connectivity index (χ1) is 29.8. The van der Waals surface area contributed by atoms with E-state index in [2.05, 4.69) is 65.3 Å². The molecule has 0 atom stereocenters. The average molecular weight is 889 g/mol. The molecule has 0 unspecified atom stereocenters. The number of rotatable bonds is 22. The summed E-state index contributed by atoms with van der Waals surface area (Å²) in [5.41, 5.74) is 1.96. The van der Waals surface area contributed by atoms with Crippen LogP contribution < -0.4 is 39.6 Å². The summed E-state index contributed by atoms with van der Waals surface area (Å²) in [5, 5.41) is 19.0. The Balaban J connectivity index is 1.29. The molecule has 0 aliphatic carbocycles. The molecule has 0 radical (unpaired) electrons. The van der Waals surface area contributed by atoms with E-state index in [4.69, 9.17) is 33.5 Å². The maximum Gasteiger partial charge on any atom is 0.323 e. The summed E-state index contributed by atoms with van der Waals surface area (Å²) in [4.78, 5) is 33.2. The van der Waals surface area contributed by atoms with E-state index in [-0.39, 0.29) is 67.2 Å². The number of carboxylic acid groups (broad SMARTS) is 1. The molecule has 63 heavy (non-hydrogen) atoms. The SMILES string of the molecule is COc1cc(Nc2nccc(Oc3ccc(NC(=O)Nc4cc(C(C)(C)CC(C)(C)C)cc(NS(C)(=O)=O)c4OC)c4ccccc34)n2)cc(OCCOCCOCCC(=O)O)c1. The van der Waals surface area contributed by atoms with Crippen LogP contribution in [0.2, 0.25) is 0 Å². The number of sulfonamides is 1. The number of nitrogens with one attached hydrogen (secondary N) is 4. The zero-order valence-electron chi connectivity index (χ0n) is 36.8. The van der Waals surface area contributed by atoms with Crippen molar-refractivity contribution >= 4 is 61.5 Å². The van der Waals surface area contributed by atoms with Crippen LogP contribution in [-0.4, -0.2) is 89.0 Å². The Kier molecular flexibility index (Phi) is 16.0. The van der Waals surface area contributed by atoms with Gasteiger partial charge in [0.05, 0.1) is 70.4 Å². The highest BCUT2D eigenvalue weighted by Crippen LogP contribution is 2.43. The fourth-order valence-corrected chi connectivity index (χ4v) is 7.58. The molecule has 4 aromatic carbocycles. The van der Waals surface area contributed by atoms with Gasteiger partial charge < -0.3 is 49.5 Å². The number of aromatic nitrogens is 2. The number of nitrogens with zero attached hydrogens (tertiary/aromatic N) is 2. The fraction of sp³-hybridized carbons (Fsp3) is 0.378. The van der Waals surface area contributed by atoms with Gasteiger partial charge in [-0.25, -0.2) is 18.2 Å². The molecule has 0 spiro atoms. The van der Waals surface area contributed by atoms with Gasteiger partial charge in [-0.15, -0.1) is 0 Å². The number of hydrogen-bond donors (Lipinski definition) is 5. The molecular weight excluding hydrogens is 833 g/mol. The highest BCUT2D eigenvalue weighted by Gasteiger charge is 2.30. The zero-order chi connectivity index (χ0) is 45.8. The van der Waals surface area contributed by atoms with Gasteiger partial charge in [0.2, 0.25) is 21.9 Å². The molecule has 0 saturated carbocycles. The molecule has 5 aromatic rings. The number of amides is 2. The Labute approximate surface area is 367 Å². The molecule has 2 amide bonds. The summed E-state index contributed by atoms with van der Waals surface area (Å²) in [6.07, 6.45) is 3.33. The van der Waals surface area contributed by atoms with Crippen LogP contribution in [-0.2, 0) is 29.7 Å². The number of hydrogen-bond acceptors (Lipinski definition) is 13. The van der Waals surface area contributed by atoms with E-state index in [1.54, 1.807) is 55.8 Å².